The topological polar surface area (TPSA) is 49.8 Å². The van der Waals surface area contributed by atoms with Crippen molar-refractivity contribution in [1.82, 2.24) is 0 Å². The minimum Gasteiger partial charge on any atom is -0.508 e. The highest BCUT2D eigenvalue weighted by Crippen LogP contribution is 2.23. The molecule has 92 valence electrons. The summed E-state index contributed by atoms with van der Waals surface area (Å²) in [4.78, 5) is 13.8. The Kier molecular flexibility index (Phi) is 3.64. The predicted octanol–water partition coefficient (Wildman–Crippen LogP) is 1.78. The first kappa shape index (κ1) is 11.9. The van der Waals surface area contributed by atoms with Crippen LogP contribution < -0.4 is 4.90 Å². The molecule has 4 heteroatoms. The fourth-order valence-electron chi connectivity index (χ4n) is 2.04. The number of nitrogens with zero attached hydrogens (tertiary/aromatic N) is 1. The summed E-state index contributed by atoms with van der Waals surface area (Å²) in [5, 5.41) is 9.39. The van der Waals surface area contributed by atoms with Gasteiger partial charge in [-0.25, -0.2) is 0 Å². The van der Waals surface area contributed by atoms with Gasteiger partial charge in [0.1, 0.15) is 5.75 Å². The monoisotopic (exact) mass is 235 g/mol. The predicted molar refractivity (Wildman–Crippen MR) is 65.1 cm³/mol. The van der Waals surface area contributed by atoms with Gasteiger partial charge in [0.25, 0.3) is 0 Å². The van der Waals surface area contributed by atoms with Gasteiger partial charge in [0, 0.05) is 25.4 Å². The third-order valence-corrected chi connectivity index (χ3v) is 3.06. The largest absolute Gasteiger partial charge is 0.508 e. The van der Waals surface area contributed by atoms with Crippen molar-refractivity contribution in [3.63, 3.8) is 0 Å². The summed E-state index contributed by atoms with van der Waals surface area (Å²) in [6.07, 6.45) is 1.81. The van der Waals surface area contributed by atoms with Crippen molar-refractivity contribution in [2.75, 3.05) is 25.2 Å². The maximum Gasteiger partial charge on any atom is 0.232 e. The summed E-state index contributed by atoms with van der Waals surface area (Å²) < 4.78 is 5.32. The molecular formula is C13H17NO3. The van der Waals surface area contributed by atoms with E-state index in [1.54, 1.807) is 36.2 Å². The van der Waals surface area contributed by atoms with Gasteiger partial charge in [-0.3, -0.25) is 4.79 Å². The number of phenols is 1. The molecule has 1 aromatic rings. The Balaban J connectivity index is 2.08. The third kappa shape index (κ3) is 2.77. The number of aromatic hydroxyl groups is 1. The summed E-state index contributed by atoms with van der Waals surface area (Å²) in [6.45, 7) is 1.25. The zero-order valence-corrected chi connectivity index (χ0v) is 9.93. The van der Waals surface area contributed by atoms with E-state index in [1.807, 2.05) is 0 Å². The molecule has 1 amide bonds. The van der Waals surface area contributed by atoms with E-state index in [2.05, 4.69) is 0 Å². The molecule has 1 heterocycles. The number of benzene rings is 1. The lowest BCUT2D eigenvalue weighted by Gasteiger charge is -2.26. The van der Waals surface area contributed by atoms with Crippen LogP contribution in [0.1, 0.15) is 12.8 Å². The molecular weight excluding hydrogens is 218 g/mol. The zero-order valence-electron chi connectivity index (χ0n) is 9.93. The van der Waals surface area contributed by atoms with Crippen molar-refractivity contribution in [3.8, 4) is 5.75 Å². The average molecular weight is 235 g/mol. The van der Waals surface area contributed by atoms with Crippen LogP contribution in [0, 0.1) is 5.92 Å². The SMILES string of the molecule is CN(C(=O)C1CCCOC1)c1cccc(O)c1. The standard InChI is InChI=1S/C13H17NO3/c1-14(11-5-2-6-12(15)8-11)13(16)10-4-3-7-17-9-10/h2,5-6,8,10,15H,3-4,7,9H2,1H3. The summed E-state index contributed by atoms with van der Waals surface area (Å²) in [7, 11) is 1.73. The highest BCUT2D eigenvalue weighted by molar-refractivity contribution is 5.94. The Labute approximate surface area is 101 Å². The highest BCUT2D eigenvalue weighted by Gasteiger charge is 2.25. The average Bonchev–Trinajstić information content (AvgIpc) is 2.38. The lowest BCUT2D eigenvalue weighted by molar-refractivity contribution is -0.125. The number of ether oxygens (including phenoxy) is 1. The van der Waals surface area contributed by atoms with Crippen molar-refractivity contribution >= 4 is 11.6 Å². The van der Waals surface area contributed by atoms with Crippen LogP contribution in [0.25, 0.3) is 0 Å². The number of carbonyl (C=O) groups is 1. The molecule has 17 heavy (non-hydrogen) atoms. The first-order valence-electron chi connectivity index (χ1n) is 5.83. The minimum absolute atomic E-state index is 0.0512. The van der Waals surface area contributed by atoms with Crippen LogP contribution in [0.4, 0.5) is 5.69 Å². The molecule has 0 aliphatic carbocycles. The van der Waals surface area contributed by atoms with Gasteiger partial charge in [-0.2, -0.15) is 0 Å². The van der Waals surface area contributed by atoms with E-state index in [-0.39, 0.29) is 17.6 Å². The van der Waals surface area contributed by atoms with Gasteiger partial charge in [-0.15, -0.1) is 0 Å². The maximum atomic E-state index is 12.2. The Bertz CT molecular complexity index is 399. The van der Waals surface area contributed by atoms with Crippen LogP contribution in [-0.4, -0.2) is 31.3 Å². The van der Waals surface area contributed by atoms with E-state index in [4.69, 9.17) is 4.74 Å². The van der Waals surface area contributed by atoms with Gasteiger partial charge < -0.3 is 14.7 Å². The molecule has 1 aliphatic rings. The van der Waals surface area contributed by atoms with Crippen LogP contribution in [0.5, 0.6) is 5.75 Å². The zero-order chi connectivity index (χ0) is 12.3. The van der Waals surface area contributed by atoms with Gasteiger partial charge in [0.15, 0.2) is 0 Å². The van der Waals surface area contributed by atoms with Crippen LogP contribution >= 0.6 is 0 Å². The Morgan fingerprint density at radius 3 is 3.00 bits per heavy atom. The van der Waals surface area contributed by atoms with Gasteiger partial charge in [0.2, 0.25) is 5.91 Å². The summed E-state index contributed by atoms with van der Waals surface area (Å²) in [5.74, 6) is 0.161. The lowest BCUT2D eigenvalue weighted by atomic mass is 10.0. The Hall–Kier alpha value is -1.55. The third-order valence-electron chi connectivity index (χ3n) is 3.06. The van der Waals surface area contributed by atoms with Crippen molar-refractivity contribution in [2.24, 2.45) is 5.92 Å². The molecule has 0 saturated carbocycles. The van der Waals surface area contributed by atoms with E-state index in [1.165, 1.54) is 0 Å². The van der Waals surface area contributed by atoms with Crippen molar-refractivity contribution in [1.29, 1.82) is 0 Å². The lowest BCUT2D eigenvalue weighted by Crippen LogP contribution is -2.37. The van der Waals surface area contributed by atoms with E-state index in [0.29, 0.717) is 12.3 Å². The van der Waals surface area contributed by atoms with Gasteiger partial charge in [-0.05, 0) is 25.0 Å². The molecule has 1 aromatic carbocycles. The molecule has 4 nitrogen and oxygen atoms in total. The van der Waals surface area contributed by atoms with Gasteiger partial charge >= 0.3 is 0 Å². The molecule has 0 aromatic heterocycles. The molecule has 1 fully saturated rings. The number of hydrogen-bond acceptors (Lipinski definition) is 3. The number of hydrogen-bond donors (Lipinski definition) is 1. The fraction of sp³-hybridized carbons (Fsp3) is 0.462. The molecule has 1 aliphatic heterocycles. The highest BCUT2D eigenvalue weighted by atomic mass is 16.5. The maximum absolute atomic E-state index is 12.2. The number of rotatable bonds is 2. The second-order valence-electron chi connectivity index (χ2n) is 4.33. The molecule has 0 radical (unpaired) electrons. The molecule has 0 bridgehead atoms. The van der Waals surface area contributed by atoms with E-state index < -0.39 is 0 Å². The van der Waals surface area contributed by atoms with Crippen molar-refractivity contribution in [2.45, 2.75) is 12.8 Å². The quantitative estimate of drug-likeness (QED) is 0.850. The van der Waals surface area contributed by atoms with Gasteiger partial charge in [-0.1, -0.05) is 6.07 Å². The van der Waals surface area contributed by atoms with E-state index >= 15 is 0 Å². The molecule has 1 N–H and O–H groups in total. The Morgan fingerprint density at radius 2 is 2.35 bits per heavy atom. The minimum atomic E-state index is -0.0592. The first-order chi connectivity index (χ1) is 8.18. The fourth-order valence-corrected chi connectivity index (χ4v) is 2.04. The number of amides is 1. The van der Waals surface area contributed by atoms with Crippen LogP contribution in [0.15, 0.2) is 24.3 Å². The summed E-state index contributed by atoms with van der Waals surface area (Å²) >= 11 is 0. The smallest absolute Gasteiger partial charge is 0.232 e. The van der Waals surface area contributed by atoms with Crippen molar-refractivity contribution < 1.29 is 14.6 Å². The second kappa shape index (κ2) is 5.19. The second-order valence-corrected chi connectivity index (χ2v) is 4.33. The van der Waals surface area contributed by atoms with E-state index in [9.17, 15) is 9.90 Å². The molecule has 2 rings (SSSR count). The van der Waals surface area contributed by atoms with Crippen LogP contribution in [0.3, 0.4) is 0 Å². The molecule has 1 atom stereocenters. The molecule has 1 unspecified atom stereocenters. The van der Waals surface area contributed by atoms with E-state index in [0.717, 1.165) is 19.4 Å². The van der Waals surface area contributed by atoms with Gasteiger partial charge in [0.05, 0.1) is 12.5 Å². The van der Waals surface area contributed by atoms with Crippen LogP contribution in [-0.2, 0) is 9.53 Å². The molecule has 0 spiro atoms. The number of anilines is 1. The van der Waals surface area contributed by atoms with Crippen molar-refractivity contribution in [3.05, 3.63) is 24.3 Å². The number of carbonyl (C=O) groups excluding carboxylic acids is 1. The normalized spacial score (nSPS) is 19.9. The Morgan fingerprint density at radius 1 is 1.53 bits per heavy atom. The van der Waals surface area contributed by atoms with Crippen LogP contribution in [0.2, 0.25) is 0 Å². The molecule has 1 saturated heterocycles. The number of phenolic OH excluding ortho intramolecular Hbond substituents is 1. The summed E-state index contributed by atoms with van der Waals surface area (Å²) in [6, 6.07) is 6.71. The summed E-state index contributed by atoms with van der Waals surface area (Å²) in [5.41, 5.74) is 0.709. The first-order valence-corrected chi connectivity index (χ1v) is 5.83.